The van der Waals surface area contributed by atoms with Crippen LogP contribution in [0.3, 0.4) is 0 Å². The summed E-state index contributed by atoms with van der Waals surface area (Å²) in [4.78, 5) is 8.03. The van der Waals surface area contributed by atoms with Gasteiger partial charge in [-0.15, -0.1) is 0 Å². The largest absolute Gasteiger partial charge is 0.367 e. The van der Waals surface area contributed by atoms with Crippen LogP contribution in [0.25, 0.3) is 0 Å². The molecule has 1 fully saturated rings. The van der Waals surface area contributed by atoms with E-state index in [0.29, 0.717) is 11.8 Å². The SMILES string of the molecule is CCNc1ncc(F)c(NCC2(C)CCCC2)n1. The van der Waals surface area contributed by atoms with Gasteiger partial charge in [0, 0.05) is 13.1 Å². The summed E-state index contributed by atoms with van der Waals surface area (Å²) >= 11 is 0. The normalized spacial score (nSPS) is 17.7. The van der Waals surface area contributed by atoms with Crippen LogP contribution in [0, 0.1) is 11.2 Å². The van der Waals surface area contributed by atoms with Crippen LogP contribution in [0.15, 0.2) is 6.20 Å². The first-order chi connectivity index (χ1) is 8.63. The number of nitrogens with one attached hydrogen (secondary N) is 2. The van der Waals surface area contributed by atoms with Crippen LogP contribution in [0.4, 0.5) is 16.2 Å². The molecule has 0 bridgehead atoms. The number of nitrogens with zero attached hydrogens (tertiary/aromatic N) is 2. The standard InChI is InChI=1S/C13H21FN4/c1-3-15-12-16-8-10(14)11(18-12)17-9-13(2)6-4-5-7-13/h8H,3-7,9H2,1-2H3,(H2,15,16,17,18). The second-order valence-electron chi connectivity index (χ2n) is 5.29. The van der Waals surface area contributed by atoms with Crippen molar-refractivity contribution in [3.63, 3.8) is 0 Å². The summed E-state index contributed by atoms with van der Waals surface area (Å²) in [6.45, 7) is 5.70. The molecule has 0 unspecified atom stereocenters. The molecule has 1 aromatic rings. The fourth-order valence-corrected chi connectivity index (χ4v) is 2.44. The summed E-state index contributed by atoms with van der Waals surface area (Å²) in [5.74, 6) is 0.380. The first kappa shape index (κ1) is 13.1. The van der Waals surface area contributed by atoms with Crippen LogP contribution in [0.5, 0.6) is 0 Å². The van der Waals surface area contributed by atoms with E-state index in [1.165, 1.54) is 31.9 Å². The Kier molecular flexibility index (Phi) is 3.99. The molecular weight excluding hydrogens is 231 g/mol. The maximum Gasteiger partial charge on any atom is 0.224 e. The maximum absolute atomic E-state index is 13.6. The number of anilines is 2. The van der Waals surface area contributed by atoms with Gasteiger partial charge in [0.1, 0.15) is 0 Å². The molecule has 0 amide bonds. The van der Waals surface area contributed by atoms with Crippen molar-refractivity contribution in [2.75, 3.05) is 23.7 Å². The van der Waals surface area contributed by atoms with E-state index in [1.54, 1.807) is 0 Å². The molecule has 1 saturated carbocycles. The number of rotatable bonds is 5. The summed E-state index contributed by atoms with van der Waals surface area (Å²) in [6, 6.07) is 0. The lowest BCUT2D eigenvalue weighted by Crippen LogP contribution is -2.24. The third-order valence-corrected chi connectivity index (χ3v) is 3.57. The zero-order valence-corrected chi connectivity index (χ0v) is 11.1. The van der Waals surface area contributed by atoms with Crippen LogP contribution in [0.2, 0.25) is 0 Å². The highest BCUT2D eigenvalue weighted by atomic mass is 19.1. The Morgan fingerprint density at radius 1 is 1.33 bits per heavy atom. The highest BCUT2D eigenvalue weighted by Gasteiger charge is 2.28. The summed E-state index contributed by atoms with van der Waals surface area (Å²) in [5.41, 5.74) is 0.274. The van der Waals surface area contributed by atoms with Gasteiger partial charge >= 0.3 is 0 Å². The summed E-state index contributed by atoms with van der Waals surface area (Å²) < 4.78 is 13.6. The van der Waals surface area contributed by atoms with Gasteiger partial charge in [-0.25, -0.2) is 9.37 Å². The molecule has 0 aliphatic heterocycles. The number of halogens is 1. The van der Waals surface area contributed by atoms with Gasteiger partial charge in [0.15, 0.2) is 11.6 Å². The smallest absolute Gasteiger partial charge is 0.224 e. The van der Waals surface area contributed by atoms with Crippen molar-refractivity contribution in [1.82, 2.24) is 9.97 Å². The minimum Gasteiger partial charge on any atom is -0.367 e. The van der Waals surface area contributed by atoms with Gasteiger partial charge < -0.3 is 10.6 Å². The number of aromatic nitrogens is 2. The zero-order valence-electron chi connectivity index (χ0n) is 11.1. The van der Waals surface area contributed by atoms with Gasteiger partial charge in [0.05, 0.1) is 6.20 Å². The summed E-state index contributed by atoms with van der Waals surface area (Å²) in [5, 5.41) is 6.11. The fraction of sp³-hybridized carbons (Fsp3) is 0.692. The second kappa shape index (κ2) is 5.50. The summed E-state index contributed by atoms with van der Waals surface area (Å²) in [7, 11) is 0. The summed E-state index contributed by atoms with van der Waals surface area (Å²) in [6.07, 6.45) is 6.16. The van der Waals surface area contributed by atoms with E-state index in [4.69, 9.17) is 0 Å². The predicted molar refractivity (Wildman–Crippen MR) is 71.2 cm³/mol. The third-order valence-electron chi connectivity index (χ3n) is 3.57. The fourth-order valence-electron chi connectivity index (χ4n) is 2.44. The molecule has 0 aromatic carbocycles. The lowest BCUT2D eigenvalue weighted by atomic mass is 9.89. The minimum absolute atomic E-state index is 0.274. The molecule has 0 atom stereocenters. The van der Waals surface area contributed by atoms with Crippen molar-refractivity contribution < 1.29 is 4.39 Å². The molecular formula is C13H21FN4. The van der Waals surface area contributed by atoms with E-state index < -0.39 is 5.82 Å². The molecule has 0 saturated heterocycles. The molecule has 0 radical (unpaired) electrons. The Balaban J connectivity index is 2.01. The van der Waals surface area contributed by atoms with Gasteiger partial charge in [-0.1, -0.05) is 19.8 Å². The van der Waals surface area contributed by atoms with Crippen LogP contribution in [-0.2, 0) is 0 Å². The van der Waals surface area contributed by atoms with Crippen molar-refractivity contribution in [2.45, 2.75) is 39.5 Å². The third kappa shape index (κ3) is 3.09. The van der Waals surface area contributed by atoms with Crippen LogP contribution < -0.4 is 10.6 Å². The molecule has 18 heavy (non-hydrogen) atoms. The first-order valence-corrected chi connectivity index (χ1v) is 6.63. The molecule has 2 rings (SSSR count). The second-order valence-corrected chi connectivity index (χ2v) is 5.29. The molecule has 1 aromatic heterocycles. The molecule has 2 N–H and O–H groups in total. The van der Waals surface area contributed by atoms with Crippen LogP contribution >= 0.6 is 0 Å². The van der Waals surface area contributed by atoms with E-state index in [0.717, 1.165) is 13.1 Å². The average molecular weight is 252 g/mol. The van der Waals surface area contributed by atoms with Crippen molar-refractivity contribution in [3.8, 4) is 0 Å². The number of hydrogen-bond donors (Lipinski definition) is 2. The van der Waals surface area contributed by atoms with E-state index in [-0.39, 0.29) is 5.41 Å². The van der Waals surface area contributed by atoms with Crippen molar-refractivity contribution in [1.29, 1.82) is 0 Å². The Morgan fingerprint density at radius 2 is 2.06 bits per heavy atom. The van der Waals surface area contributed by atoms with Crippen molar-refractivity contribution in [2.24, 2.45) is 5.41 Å². The lowest BCUT2D eigenvalue weighted by molar-refractivity contribution is 0.361. The highest BCUT2D eigenvalue weighted by molar-refractivity contribution is 5.41. The van der Waals surface area contributed by atoms with E-state index in [1.807, 2.05) is 6.92 Å². The molecule has 1 aliphatic rings. The average Bonchev–Trinajstić information content (AvgIpc) is 2.78. The molecule has 1 aliphatic carbocycles. The molecule has 5 heteroatoms. The van der Waals surface area contributed by atoms with Gasteiger partial charge in [-0.3, -0.25) is 0 Å². The minimum atomic E-state index is -0.391. The Hall–Kier alpha value is -1.39. The van der Waals surface area contributed by atoms with E-state index in [9.17, 15) is 4.39 Å². The first-order valence-electron chi connectivity index (χ1n) is 6.63. The number of hydrogen-bond acceptors (Lipinski definition) is 4. The van der Waals surface area contributed by atoms with Crippen LogP contribution in [0.1, 0.15) is 39.5 Å². The van der Waals surface area contributed by atoms with Gasteiger partial charge in [0.25, 0.3) is 0 Å². The highest BCUT2D eigenvalue weighted by Crippen LogP contribution is 2.37. The Bertz CT molecular complexity index is 402. The van der Waals surface area contributed by atoms with E-state index >= 15 is 0 Å². The molecule has 4 nitrogen and oxygen atoms in total. The van der Waals surface area contributed by atoms with Gasteiger partial charge in [-0.05, 0) is 25.2 Å². The Morgan fingerprint density at radius 3 is 2.72 bits per heavy atom. The molecule has 100 valence electrons. The zero-order chi connectivity index (χ0) is 13.0. The Labute approximate surface area is 107 Å². The topological polar surface area (TPSA) is 49.8 Å². The maximum atomic E-state index is 13.6. The van der Waals surface area contributed by atoms with E-state index in [2.05, 4.69) is 27.5 Å². The van der Waals surface area contributed by atoms with Crippen molar-refractivity contribution in [3.05, 3.63) is 12.0 Å². The van der Waals surface area contributed by atoms with Crippen LogP contribution in [-0.4, -0.2) is 23.1 Å². The van der Waals surface area contributed by atoms with Crippen molar-refractivity contribution >= 4 is 11.8 Å². The van der Waals surface area contributed by atoms with Gasteiger partial charge in [0.2, 0.25) is 5.95 Å². The lowest BCUT2D eigenvalue weighted by Gasteiger charge is -2.24. The monoisotopic (exact) mass is 252 g/mol. The predicted octanol–water partition coefficient (Wildman–Crippen LogP) is 3.04. The quantitative estimate of drug-likeness (QED) is 0.845. The molecule has 0 spiro atoms. The molecule has 1 heterocycles. The van der Waals surface area contributed by atoms with Gasteiger partial charge in [-0.2, -0.15) is 4.98 Å².